The second-order valence-corrected chi connectivity index (χ2v) is 9.10. The molecule has 4 saturated carbocycles. The van der Waals surface area contributed by atoms with Crippen LogP contribution in [0.3, 0.4) is 0 Å². The Morgan fingerprint density at radius 3 is 2.48 bits per heavy atom. The van der Waals surface area contributed by atoms with Crippen LogP contribution in [0.2, 0.25) is 0 Å². The Bertz CT molecular complexity index is 671. The number of rotatable bonds is 5. The van der Waals surface area contributed by atoms with E-state index in [0.29, 0.717) is 0 Å². The zero-order valence-electron chi connectivity index (χ0n) is 14.3. The molecular weight excluding hydrogens is 336 g/mol. The van der Waals surface area contributed by atoms with Crippen LogP contribution in [0.4, 0.5) is 0 Å². The molecule has 0 spiro atoms. The number of hydrogen-bond donors (Lipinski definition) is 3. The number of hydroxylamine groups is 1. The van der Waals surface area contributed by atoms with Crippen molar-refractivity contribution in [1.29, 1.82) is 0 Å². The second kappa shape index (κ2) is 6.42. The Morgan fingerprint density at radius 2 is 1.88 bits per heavy atom. The van der Waals surface area contributed by atoms with Crippen LogP contribution < -0.4 is 10.8 Å². The van der Waals surface area contributed by atoms with Crippen LogP contribution in [0.5, 0.6) is 0 Å². The van der Waals surface area contributed by atoms with Gasteiger partial charge >= 0.3 is 0 Å². The molecule has 5 rings (SSSR count). The van der Waals surface area contributed by atoms with Gasteiger partial charge in [-0.05, 0) is 67.6 Å². The zero-order chi connectivity index (χ0) is 17.5. The highest BCUT2D eigenvalue weighted by molar-refractivity contribution is 6.24. The fourth-order valence-corrected chi connectivity index (χ4v) is 6.30. The van der Waals surface area contributed by atoms with E-state index in [0.717, 1.165) is 30.4 Å². The Hall–Kier alpha value is -1.36. The number of benzene rings is 1. The molecule has 2 unspecified atom stereocenters. The number of alkyl halides is 1. The minimum Gasteiger partial charge on any atom is -0.307 e. The molecule has 0 saturated heterocycles. The smallest absolute Gasteiger partial charge is 0.267 e. The highest BCUT2D eigenvalue weighted by Crippen LogP contribution is 2.60. The molecule has 4 atom stereocenters. The van der Waals surface area contributed by atoms with E-state index >= 15 is 0 Å². The summed E-state index contributed by atoms with van der Waals surface area (Å²) in [6.45, 7) is 0.855. The van der Waals surface area contributed by atoms with Crippen LogP contribution in [-0.4, -0.2) is 21.5 Å². The molecular formula is C20H25ClN2O2. The highest BCUT2D eigenvalue weighted by atomic mass is 35.5. The van der Waals surface area contributed by atoms with Crippen molar-refractivity contribution in [3.63, 3.8) is 0 Å². The number of carbonyl (C=O) groups is 1. The second-order valence-electron chi connectivity index (χ2n) is 8.30. The normalized spacial score (nSPS) is 36.1. The molecule has 0 aliphatic heterocycles. The molecule has 134 valence electrons. The van der Waals surface area contributed by atoms with Crippen molar-refractivity contribution in [2.45, 2.75) is 55.5 Å². The number of hydrogen-bond acceptors (Lipinski definition) is 3. The average molecular weight is 361 g/mol. The van der Waals surface area contributed by atoms with Gasteiger partial charge in [0, 0.05) is 23.0 Å². The molecule has 0 aromatic heterocycles. The van der Waals surface area contributed by atoms with E-state index in [1.54, 1.807) is 11.6 Å². The third kappa shape index (κ3) is 3.62. The van der Waals surface area contributed by atoms with Crippen molar-refractivity contribution < 1.29 is 10.0 Å². The van der Waals surface area contributed by atoms with E-state index in [1.807, 2.05) is 12.1 Å². The van der Waals surface area contributed by atoms with Crippen molar-refractivity contribution in [2.24, 2.45) is 11.8 Å². The van der Waals surface area contributed by atoms with E-state index in [1.165, 1.54) is 43.7 Å². The lowest BCUT2D eigenvalue weighted by Gasteiger charge is -2.60. The zero-order valence-corrected chi connectivity index (χ0v) is 15.1. The molecule has 1 aromatic carbocycles. The summed E-state index contributed by atoms with van der Waals surface area (Å²) in [5, 5.41) is 12.3. The topological polar surface area (TPSA) is 61.4 Å². The van der Waals surface area contributed by atoms with Gasteiger partial charge in [-0.2, -0.15) is 0 Å². The molecule has 4 aliphatic rings. The van der Waals surface area contributed by atoms with Gasteiger partial charge in [-0.25, -0.2) is 5.48 Å². The van der Waals surface area contributed by atoms with Gasteiger partial charge in [0.25, 0.3) is 5.91 Å². The van der Waals surface area contributed by atoms with E-state index in [2.05, 4.69) is 17.4 Å². The quantitative estimate of drug-likeness (QED) is 0.325. The molecule has 3 N–H and O–H groups in total. The molecule has 4 nitrogen and oxygen atoms in total. The lowest BCUT2D eigenvalue weighted by Crippen LogP contribution is -2.62. The number of carbonyl (C=O) groups excluding carboxylic acids is 1. The predicted molar refractivity (Wildman–Crippen MR) is 98.2 cm³/mol. The maximum atomic E-state index is 11.0. The number of nitrogens with one attached hydrogen (secondary N) is 2. The lowest BCUT2D eigenvalue weighted by molar-refractivity contribution is -0.124. The molecule has 4 fully saturated rings. The molecule has 1 aromatic rings. The predicted octanol–water partition coefficient (Wildman–Crippen LogP) is 3.63. The lowest BCUT2D eigenvalue weighted by atomic mass is 9.52. The maximum Gasteiger partial charge on any atom is 0.267 e. The molecule has 1 amide bonds. The first kappa shape index (κ1) is 17.1. The van der Waals surface area contributed by atoms with Crippen LogP contribution in [-0.2, 0) is 11.3 Å². The molecule has 5 heteroatoms. The minimum atomic E-state index is -0.525. The third-order valence-electron chi connectivity index (χ3n) is 6.17. The van der Waals surface area contributed by atoms with E-state index in [4.69, 9.17) is 16.8 Å². The Labute approximate surface area is 153 Å². The average Bonchev–Trinajstić information content (AvgIpc) is 2.56. The first-order valence-corrected chi connectivity index (χ1v) is 9.50. The van der Waals surface area contributed by atoms with Crippen LogP contribution in [0.1, 0.15) is 49.7 Å². The van der Waals surface area contributed by atoms with Gasteiger partial charge in [0.15, 0.2) is 0 Å². The van der Waals surface area contributed by atoms with Gasteiger partial charge in [-0.1, -0.05) is 24.3 Å². The van der Waals surface area contributed by atoms with Crippen molar-refractivity contribution in [3.8, 4) is 0 Å². The SMILES string of the molecule is O=C(/C=C/c1ccc(CNC23C[C@@H]4C[C@@H](CC(Cl)(C4)C2)C3)cc1)NO. The van der Waals surface area contributed by atoms with Crippen molar-refractivity contribution in [2.75, 3.05) is 0 Å². The van der Waals surface area contributed by atoms with Crippen molar-refractivity contribution in [1.82, 2.24) is 10.8 Å². The maximum absolute atomic E-state index is 11.0. The van der Waals surface area contributed by atoms with Gasteiger partial charge in [0.05, 0.1) is 0 Å². The summed E-state index contributed by atoms with van der Waals surface area (Å²) in [5.74, 6) is 1.08. The fourth-order valence-electron chi connectivity index (χ4n) is 5.60. The van der Waals surface area contributed by atoms with Crippen LogP contribution in [0, 0.1) is 11.8 Å². The summed E-state index contributed by atoms with van der Waals surface area (Å²) in [6, 6.07) is 8.14. The molecule has 4 bridgehead atoms. The van der Waals surface area contributed by atoms with Crippen LogP contribution >= 0.6 is 11.6 Å². The van der Waals surface area contributed by atoms with Gasteiger partial charge in [-0.3, -0.25) is 10.0 Å². The number of amides is 1. The highest BCUT2D eigenvalue weighted by Gasteiger charge is 2.56. The van der Waals surface area contributed by atoms with Gasteiger partial charge in [-0.15, -0.1) is 11.6 Å². The first-order valence-electron chi connectivity index (χ1n) is 9.13. The minimum absolute atomic E-state index is 0.0407. The van der Waals surface area contributed by atoms with Gasteiger partial charge < -0.3 is 5.32 Å². The van der Waals surface area contributed by atoms with Crippen LogP contribution in [0.15, 0.2) is 30.3 Å². The molecule has 0 radical (unpaired) electrons. The summed E-state index contributed by atoms with van der Waals surface area (Å²) in [7, 11) is 0. The first-order chi connectivity index (χ1) is 12.0. The van der Waals surface area contributed by atoms with Crippen molar-refractivity contribution >= 4 is 23.6 Å². The van der Waals surface area contributed by atoms with E-state index in [9.17, 15) is 4.79 Å². The summed E-state index contributed by atoms with van der Waals surface area (Å²) in [4.78, 5) is 11.1. The Kier molecular flexibility index (Phi) is 4.38. The summed E-state index contributed by atoms with van der Waals surface area (Å²) < 4.78 is 0. The molecule has 0 heterocycles. The van der Waals surface area contributed by atoms with Crippen LogP contribution in [0.25, 0.3) is 6.08 Å². The molecule has 25 heavy (non-hydrogen) atoms. The Balaban J connectivity index is 1.39. The summed E-state index contributed by atoms with van der Waals surface area (Å²) in [5.41, 5.74) is 3.98. The summed E-state index contributed by atoms with van der Waals surface area (Å²) in [6.07, 6.45) is 10.4. The number of halogens is 1. The third-order valence-corrected chi connectivity index (χ3v) is 6.62. The summed E-state index contributed by atoms with van der Waals surface area (Å²) >= 11 is 6.90. The monoisotopic (exact) mass is 360 g/mol. The van der Waals surface area contributed by atoms with E-state index in [-0.39, 0.29) is 10.4 Å². The van der Waals surface area contributed by atoms with Crippen molar-refractivity contribution in [3.05, 3.63) is 41.5 Å². The van der Waals surface area contributed by atoms with Gasteiger partial charge in [0.1, 0.15) is 0 Å². The standard InChI is InChI=1S/C20H25ClN2O2/c21-19-8-16-7-17(9-19)11-20(10-16,13-19)22-12-15-3-1-14(2-4-15)5-6-18(24)23-25/h1-6,16-17,22,25H,7-13H2,(H,23,24)/b6-5+/t16-,17+,19?,20?. The van der Waals surface area contributed by atoms with Gasteiger partial charge in [0.2, 0.25) is 0 Å². The van der Waals surface area contributed by atoms with E-state index < -0.39 is 5.91 Å². The fraction of sp³-hybridized carbons (Fsp3) is 0.550. The molecule has 4 aliphatic carbocycles. The Morgan fingerprint density at radius 1 is 1.20 bits per heavy atom. The largest absolute Gasteiger partial charge is 0.307 e.